The lowest BCUT2D eigenvalue weighted by Gasteiger charge is -2.22. The molecule has 0 bridgehead atoms. The van der Waals surface area contributed by atoms with Gasteiger partial charge < -0.3 is 11.1 Å². The van der Waals surface area contributed by atoms with Gasteiger partial charge in [-0.25, -0.2) is 4.98 Å². The molecule has 1 fully saturated rings. The average Bonchev–Trinajstić information content (AvgIpc) is 2.95. The molecule has 18 heavy (non-hydrogen) atoms. The quantitative estimate of drug-likeness (QED) is 0.889. The number of aromatic nitrogens is 1. The molecule has 0 radical (unpaired) electrons. The maximum atomic E-state index is 12.0. The minimum absolute atomic E-state index is 0.0909. The minimum atomic E-state index is -0.112. The van der Waals surface area contributed by atoms with Gasteiger partial charge in [0.05, 0.1) is 6.04 Å². The Kier molecular flexibility index (Phi) is 4.29. The van der Waals surface area contributed by atoms with Crippen molar-refractivity contribution in [3.8, 4) is 0 Å². The zero-order valence-electron chi connectivity index (χ0n) is 10.7. The summed E-state index contributed by atoms with van der Waals surface area (Å²) >= 11 is 3.38. The van der Waals surface area contributed by atoms with Gasteiger partial charge in [-0.1, -0.05) is 0 Å². The van der Waals surface area contributed by atoms with Gasteiger partial charge in [-0.2, -0.15) is 11.8 Å². The second-order valence-electron chi connectivity index (χ2n) is 4.94. The number of thiazole rings is 1. The van der Waals surface area contributed by atoms with Crippen LogP contribution in [0.4, 0.5) is 0 Å². The molecule has 100 valence electrons. The lowest BCUT2D eigenvalue weighted by atomic mass is 10.1. The molecule has 0 aromatic carbocycles. The predicted octanol–water partition coefficient (Wildman–Crippen LogP) is 2.18. The van der Waals surface area contributed by atoms with Crippen LogP contribution in [0.15, 0.2) is 5.38 Å². The standard InChI is InChI=1S/C12H19N3OS2/c1-8(13)11-15-9(6-17-11)10(16)14-7-12(2)4-3-5-18-12/h6,8H,3-5,7,13H2,1-2H3,(H,14,16). The third-order valence-corrected chi connectivity index (χ3v) is 5.65. The normalized spacial score (nSPS) is 25.1. The van der Waals surface area contributed by atoms with E-state index in [1.165, 1.54) is 29.9 Å². The summed E-state index contributed by atoms with van der Waals surface area (Å²) in [6.45, 7) is 4.79. The Morgan fingerprint density at radius 1 is 1.72 bits per heavy atom. The van der Waals surface area contributed by atoms with Gasteiger partial charge >= 0.3 is 0 Å². The molecule has 1 aromatic rings. The first kappa shape index (κ1) is 13.8. The molecule has 2 rings (SSSR count). The molecule has 4 nitrogen and oxygen atoms in total. The Morgan fingerprint density at radius 2 is 2.50 bits per heavy atom. The fourth-order valence-electron chi connectivity index (χ4n) is 1.94. The van der Waals surface area contributed by atoms with E-state index in [4.69, 9.17) is 5.73 Å². The first-order valence-corrected chi connectivity index (χ1v) is 8.00. The van der Waals surface area contributed by atoms with Gasteiger partial charge in [0.1, 0.15) is 10.7 Å². The summed E-state index contributed by atoms with van der Waals surface area (Å²) in [4.78, 5) is 16.2. The zero-order chi connectivity index (χ0) is 13.2. The van der Waals surface area contributed by atoms with Gasteiger partial charge in [-0.05, 0) is 32.4 Å². The van der Waals surface area contributed by atoms with Crippen molar-refractivity contribution in [2.75, 3.05) is 12.3 Å². The van der Waals surface area contributed by atoms with Crippen molar-refractivity contribution in [2.45, 2.75) is 37.5 Å². The van der Waals surface area contributed by atoms with Gasteiger partial charge in [-0.3, -0.25) is 4.79 Å². The number of amides is 1. The highest BCUT2D eigenvalue weighted by atomic mass is 32.2. The number of thioether (sulfide) groups is 1. The largest absolute Gasteiger partial charge is 0.349 e. The molecule has 6 heteroatoms. The van der Waals surface area contributed by atoms with Crippen molar-refractivity contribution in [2.24, 2.45) is 5.73 Å². The van der Waals surface area contributed by atoms with Gasteiger partial charge in [0.15, 0.2) is 0 Å². The Balaban J connectivity index is 1.91. The fourth-order valence-corrected chi connectivity index (χ4v) is 3.94. The number of rotatable bonds is 4. The molecule has 3 N–H and O–H groups in total. The summed E-state index contributed by atoms with van der Waals surface area (Å²) in [5, 5.41) is 5.56. The number of carbonyl (C=O) groups is 1. The third kappa shape index (κ3) is 3.24. The number of nitrogens with one attached hydrogen (secondary N) is 1. The first-order valence-electron chi connectivity index (χ1n) is 6.13. The van der Waals surface area contributed by atoms with E-state index in [9.17, 15) is 4.79 Å². The third-order valence-electron chi connectivity index (χ3n) is 3.07. The molecule has 1 saturated heterocycles. The van der Waals surface area contributed by atoms with Crippen LogP contribution < -0.4 is 11.1 Å². The molecular formula is C12H19N3OS2. The molecule has 0 spiro atoms. The minimum Gasteiger partial charge on any atom is -0.349 e. The highest BCUT2D eigenvalue weighted by Gasteiger charge is 2.30. The summed E-state index contributed by atoms with van der Waals surface area (Å²) < 4.78 is 0.190. The van der Waals surface area contributed by atoms with Gasteiger partial charge in [0.2, 0.25) is 0 Å². The molecule has 2 atom stereocenters. The topological polar surface area (TPSA) is 68.0 Å². The highest BCUT2D eigenvalue weighted by molar-refractivity contribution is 8.00. The van der Waals surface area contributed by atoms with E-state index in [2.05, 4.69) is 17.2 Å². The first-order chi connectivity index (χ1) is 8.50. The van der Waals surface area contributed by atoms with Crippen LogP contribution in [-0.4, -0.2) is 27.9 Å². The molecular weight excluding hydrogens is 266 g/mol. The van der Waals surface area contributed by atoms with Gasteiger partial charge in [-0.15, -0.1) is 11.3 Å². The van der Waals surface area contributed by atoms with E-state index in [-0.39, 0.29) is 16.7 Å². The number of hydrogen-bond acceptors (Lipinski definition) is 5. The average molecular weight is 285 g/mol. The summed E-state index contributed by atoms with van der Waals surface area (Å²) in [5.41, 5.74) is 6.22. The number of nitrogens with two attached hydrogens (primary N) is 1. The number of carbonyl (C=O) groups excluding carboxylic acids is 1. The molecule has 2 unspecified atom stereocenters. The molecule has 0 saturated carbocycles. The SMILES string of the molecule is CC(N)c1nc(C(=O)NCC2(C)CCCS2)cs1. The van der Waals surface area contributed by atoms with Crippen LogP contribution in [0.1, 0.15) is 48.2 Å². The Bertz CT molecular complexity index is 425. The van der Waals surface area contributed by atoms with Crippen LogP contribution in [0.25, 0.3) is 0 Å². The maximum absolute atomic E-state index is 12.0. The second kappa shape index (κ2) is 5.59. The predicted molar refractivity (Wildman–Crippen MR) is 77.1 cm³/mol. The van der Waals surface area contributed by atoms with Crippen molar-refractivity contribution in [1.82, 2.24) is 10.3 Å². The van der Waals surface area contributed by atoms with Crippen LogP contribution in [0.3, 0.4) is 0 Å². The number of hydrogen-bond donors (Lipinski definition) is 2. The van der Waals surface area contributed by atoms with E-state index in [0.29, 0.717) is 12.2 Å². The molecule has 0 aliphatic carbocycles. The Labute approximate surface area is 116 Å². The summed E-state index contributed by atoms with van der Waals surface area (Å²) in [6, 6.07) is -0.112. The van der Waals surface area contributed by atoms with Crippen LogP contribution in [0.5, 0.6) is 0 Å². The second-order valence-corrected chi connectivity index (χ2v) is 7.52. The summed E-state index contributed by atoms with van der Waals surface area (Å²) in [6.07, 6.45) is 2.41. The van der Waals surface area contributed by atoms with Crippen LogP contribution in [-0.2, 0) is 0 Å². The van der Waals surface area contributed by atoms with Gasteiger partial charge in [0.25, 0.3) is 5.91 Å². The lowest BCUT2D eigenvalue weighted by molar-refractivity contribution is 0.0945. The Hall–Kier alpha value is -0.590. The zero-order valence-corrected chi connectivity index (χ0v) is 12.4. The van der Waals surface area contributed by atoms with E-state index in [1.807, 2.05) is 18.7 Å². The maximum Gasteiger partial charge on any atom is 0.270 e. The molecule has 1 aromatic heterocycles. The van der Waals surface area contributed by atoms with Crippen molar-refractivity contribution in [3.63, 3.8) is 0 Å². The monoisotopic (exact) mass is 285 g/mol. The smallest absolute Gasteiger partial charge is 0.270 e. The van der Waals surface area contributed by atoms with Crippen molar-refractivity contribution >= 4 is 29.0 Å². The summed E-state index contributed by atoms with van der Waals surface area (Å²) in [5.74, 6) is 1.10. The lowest BCUT2D eigenvalue weighted by Crippen LogP contribution is -2.36. The molecule has 1 aliphatic heterocycles. The van der Waals surface area contributed by atoms with Crippen molar-refractivity contribution in [3.05, 3.63) is 16.1 Å². The molecule has 1 aliphatic rings. The van der Waals surface area contributed by atoms with Crippen LogP contribution >= 0.6 is 23.1 Å². The van der Waals surface area contributed by atoms with E-state index >= 15 is 0 Å². The van der Waals surface area contributed by atoms with E-state index in [0.717, 1.165) is 5.01 Å². The Morgan fingerprint density at radius 3 is 3.06 bits per heavy atom. The van der Waals surface area contributed by atoms with Crippen LogP contribution in [0, 0.1) is 0 Å². The fraction of sp³-hybridized carbons (Fsp3) is 0.667. The van der Waals surface area contributed by atoms with E-state index in [1.54, 1.807) is 5.38 Å². The van der Waals surface area contributed by atoms with Crippen molar-refractivity contribution in [1.29, 1.82) is 0 Å². The van der Waals surface area contributed by atoms with E-state index < -0.39 is 0 Å². The summed E-state index contributed by atoms with van der Waals surface area (Å²) in [7, 11) is 0. The highest BCUT2D eigenvalue weighted by Crippen LogP contribution is 2.36. The van der Waals surface area contributed by atoms with Gasteiger partial charge in [0, 0.05) is 16.7 Å². The van der Waals surface area contributed by atoms with Crippen LogP contribution in [0.2, 0.25) is 0 Å². The number of nitrogens with zero attached hydrogens (tertiary/aromatic N) is 1. The van der Waals surface area contributed by atoms with Crippen molar-refractivity contribution < 1.29 is 4.79 Å². The molecule has 1 amide bonds. The molecule has 2 heterocycles.